The zero-order valence-electron chi connectivity index (χ0n) is 14.1. The van der Waals surface area contributed by atoms with Gasteiger partial charge in [0.05, 0.1) is 5.92 Å². The van der Waals surface area contributed by atoms with Gasteiger partial charge in [0.2, 0.25) is 0 Å². The molecule has 0 saturated heterocycles. The van der Waals surface area contributed by atoms with E-state index in [9.17, 15) is 14.4 Å². The summed E-state index contributed by atoms with van der Waals surface area (Å²) >= 11 is 0. The van der Waals surface area contributed by atoms with Gasteiger partial charge >= 0.3 is 5.97 Å². The minimum atomic E-state index is -0.902. The fraction of sp³-hybridized carbons (Fsp3) is 0.278. The zero-order valence-corrected chi connectivity index (χ0v) is 14.1. The molecule has 2 aromatic rings. The molecule has 6 nitrogen and oxygen atoms in total. The van der Waals surface area contributed by atoms with Gasteiger partial charge in [-0.1, -0.05) is 12.1 Å². The highest BCUT2D eigenvalue weighted by Gasteiger charge is 2.20. The van der Waals surface area contributed by atoms with Crippen molar-refractivity contribution in [2.45, 2.75) is 33.6 Å². The monoisotopic (exact) mass is 328 g/mol. The van der Waals surface area contributed by atoms with Gasteiger partial charge in [-0.3, -0.25) is 14.4 Å². The summed E-state index contributed by atoms with van der Waals surface area (Å²) in [5.74, 6) is -1.95. The fourth-order valence-electron chi connectivity index (χ4n) is 2.70. The van der Waals surface area contributed by atoms with Crippen LogP contribution in [-0.4, -0.2) is 27.8 Å². The van der Waals surface area contributed by atoms with Crippen molar-refractivity contribution in [3.63, 3.8) is 0 Å². The number of hydrogen-bond acceptors (Lipinski definition) is 3. The first kappa shape index (κ1) is 17.5. The van der Waals surface area contributed by atoms with Crippen molar-refractivity contribution in [2.75, 3.05) is 5.32 Å². The number of anilines is 1. The van der Waals surface area contributed by atoms with Crippen molar-refractivity contribution in [1.29, 1.82) is 0 Å². The van der Waals surface area contributed by atoms with Crippen LogP contribution in [-0.2, 0) is 4.79 Å². The molecule has 126 valence electrons. The van der Waals surface area contributed by atoms with E-state index >= 15 is 0 Å². The van der Waals surface area contributed by atoms with Crippen LogP contribution in [0.25, 0.3) is 0 Å². The molecule has 0 aliphatic carbocycles. The molecule has 24 heavy (non-hydrogen) atoms. The second-order valence-corrected chi connectivity index (χ2v) is 5.82. The Morgan fingerprint density at radius 2 is 1.71 bits per heavy atom. The minimum Gasteiger partial charge on any atom is -0.481 e. The number of carbonyl (C=O) groups excluding carboxylic acids is 2. The standard InChI is InChI=1S/C18H20N2O4/c1-9(18(23)24)13-5-7-14(8-6-13)20-17(22)16-10(2)15(12(4)21)11(3)19-16/h5-9,19H,1-4H3,(H,20,22)(H,23,24). The van der Waals surface area contributed by atoms with E-state index in [1.807, 2.05) is 0 Å². The molecular weight excluding hydrogens is 308 g/mol. The molecule has 0 bridgehead atoms. The number of H-pyrrole nitrogens is 1. The normalized spacial score (nSPS) is 11.8. The second kappa shape index (κ2) is 6.70. The average Bonchev–Trinajstić information content (AvgIpc) is 2.82. The van der Waals surface area contributed by atoms with E-state index < -0.39 is 11.9 Å². The molecule has 1 aromatic carbocycles. The third-order valence-electron chi connectivity index (χ3n) is 4.06. The van der Waals surface area contributed by atoms with Gasteiger partial charge in [0.15, 0.2) is 5.78 Å². The fourth-order valence-corrected chi connectivity index (χ4v) is 2.70. The SMILES string of the molecule is CC(=O)c1c(C)[nH]c(C(=O)Nc2ccc(C(C)C(=O)O)cc2)c1C. The predicted molar refractivity (Wildman–Crippen MR) is 90.7 cm³/mol. The molecule has 1 heterocycles. The summed E-state index contributed by atoms with van der Waals surface area (Å²) in [5, 5.41) is 11.7. The molecular formula is C18H20N2O4. The van der Waals surface area contributed by atoms with Gasteiger partial charge in [-0.15, -0.1) is 0 Å². The minimum absolute atomic E-state index is 0.0905. The smallest absolute Gasteiger partial charge is 0.310 e. The quantitative estimate of drug-likeness (QED) is 0.733. The Balaban J connectivity index is 2.20. The maximum Gasteiger partial charge on any atom is 0.310 e. The Hall–Kier alpha value is -2.89. The van der Waals surface area contributed by atoms with E-state index in [0.29, 0.717) is 33.8 Å². The van der Waals surface area contributed by atoms with Crippen LogP contribution < -0.4 is 5.32 Å². The highest BCUT2D eigenvalue weighted by Crippen LogP contribution is 2.21. The van der Waals surface area contributed by atoms with Gasteiger partial charge in [-0.05, 0) is 51.0 Å². The molecule has 0 radical (unpaired) electrons. The summed E-state index contributed by atoms with van der Waals surface area (Å²) in [4.78, 5) is 38.0. The lowest BCUT2D eigenvalue weighted by atomic mass is 10.0. The van der Waals surface area contributed by atoms with E-state index in [1.165, 1.54) is 6.92 Å². The summed E-state index contributed by atoms with van der Waals surface area (Å²) in [6.45, 7) is 6.55. The largest absolute Gasteiger partial charge is 0.481 e. The van der Waals surface area contributed by atoms with Crippen LogP contribution in [0, 0.1) is 13.8 Å². The van der Waals surface area contributed by atoms with Gasteiger partial charge in [-0.25, -0.2) is 0 Å². The van der Waals surface area contributed by atoms with Crippen LogP contribution in [0.5, 0.6) is 0 Å². The Labute approximate surface area is 139 Å². The van der Waals surface area contributed by atoms with Gasteiger partial charge < -0.3 is 15.4 Å². The number of ketones is 1. The zero-order chi connectivity index (χ0) is 18.0. The number of amides is 1. The molecule has 0 fully saturated rings. The molecule has 1 atom stereocenters. The van der Waals surface area contributed by atoms with Crippen molar-refractivity contribution >= 4 is 23.3 Å². The van der Waals surface area contributed by atoms with Crippen molar-refractivity contribution in [3.05, 3.63) is 52.3 Å². The highest BCUT2D eigenvalue weighted by molar-refractivity contribution is 6.07. The number of rotatable bonds is 5. The van der Waals surface area contributed by atoms with Gasteiger partial charge in [0, 0.05) is 16.9 Å². The topological polar surface area (TPSA) is 99.3 Å². The van der Waals surface area contributed by atoms with Gasteiger partial charge in [0.25, 0.3) is 5.91 Å². The summed E-state index contributed by atoms with van der Waals surface area (Å²) in [6.07, 6.45) is 0. The molecule has 0 saturated carbocycles. The first-order valence-electron chi connectivity index (χ1n) is 7.56. The van der Waals surface area contributed by atoms with E-state index in [0.717, 1.165) is 0 Å². The lowest BCUT2D eigenvalue weighted by molar-refractivity contribution is -0.138. The van der Waals surface area contributed by atoms with Crippen LogP contribution >= 0.6 is 0 Å². The van der Waals surface area contributed by atoms with E-state index in [2.05, 4.69) is 10.3 Å². The molecule has 2 rings (SSSR count). The number of benzene rings is 1. The number of nitrogens with one attached hydrogen (secondary N) is 2. The summed E-state index contributed by atoms with van der Waals surface area (Å²) < 4.78 is 0. The lowest BCUT2D eigenvalue weighted by Crippen LogP contribution is -2.14. The van der Waals surface area contributed by atoms with Gasteiger partial charge in [0.1, 0.15) is 5.69 Å². The summed E-state index contributed by atoms with van der Waals surface area (Å²) in [6, 6.07) is 6.65. The highest BCUT2D eigenvalue weighted by atomic mass is 16.4. The molecule has 3 N–H and O–H groups in total. The van der Waals surface area contributed by atoms with Crippen molar-refractivity contribution in [1.82, 2.24) is 4.98 Å². The molecule has 0 spiro atoms. The molecule has 6 heteroatoms. The van der Waals surface area contributed by atoms with Crippen molar-refractivity contribution in [2.24, 2.45) is 0 Å². The van der Waals surface area contributed by atoms with E-state index in [-0.39, 0.29) is 11.7 Å². The summed E-state index contributed by atoms with van der Waals surface area (Å²) in [7, 11) is 0. The first-order chi connectivity index (χ1) is 11.2. The molecule has 0 aliphatic heterocycles. The number of carboxylic acids is 1. The molecule has 1 aromatic heterocycles. The Bertz CT molecular complexity index is 803. The van der Waals surface area contributed by atoms with E-state index in [1.54, 1.807) is 45.0 Å². The van der Waals surface area contributed by atoms with Gasteiger partial charge in [-0.2, -0.15) is 0 Å². The number of aliphatic carboxylic acids is 1. The third-order valence-corrected chi connectivity index (χ3v) is 4.06. The third kappa shape index (κ3) is 3.37. The Morgan fingerprint density at radius 3 is 2.17 bits per heavy atom. The van der Waals surface area contributed by atoms with Crippen LogP contribution in [0.4, 0.5) is 5.69 Å². The number of Topliss-reactive ketones (excluding diaryl/α,β-unsaturated/α-hetero) is 1. The number of hydrogen-bond donors (Lipinski definition) is 3. The van der Waals surface area contributed by atoms with E-state index in [4.69, 9.17) is 5.11 Å². The summed E-state index contributed by atoms with van der Waals surface area (Å²) in [5.41, 5.74) is 3.37. The Morgan fingerprint density at radius 1 is 1.12 bits per heavy atom. The number of carboxylic acid groups (broad SMARTS) is 1. The second-order valence-electron chi connectivity index (χ2n) is 5.82. The first-order valence-corrected chi connectivity index (χ1v) is 7.56. The number of aromatic amines is 1. The van der Waals surface area contributed by atoms with Crippen molar-refractivity contribution in [3.8, 4) is 0 Å². The Kier molecular flexibility index (Phi) is 4.87. The number of aromatic nitrogens is 1. The molecule has 1 unspecified atom stereocenters. The lowest BCUT2D eigenvalue weighted by Gasteiger charge is -2.09. The molecule has 0 aliphatic rings. The maximum atomic E-state index is 12.4. The number of aryl methyl sites for hydroxylation is 1. The number of carbonyl (C=O) groups is 3. The van der Waals surface area contributed by atoms with Crippen LogP contribution in [0.2, 0.25) is 0 Å². The maximum absolute atomic E-state index is 12.4. The van der Waals surface area contributed by atoms with Crippen LogP contribution in [0.1, 0.15) is 57.4 Å². The average molecular weight is 328 g/mol. The van der Waals surface area contributed by atoms with Crippen molar-refractivity contribution < 1.29 is 19.5 Å². The van der Waals surface area contributed by atoms with Crippen LogP contribution in [0.3, 0.4) is 0 Å². The molecule has 1 amide bonds. The predicted octanol–water partition coefficient (Wildman–Crippen LogP) is 3.27. The van der Waals surface area contributed by atoms with Crippen LogP contribution in [0.15, 0.2) is 24.3 Å².